The second kappa shape index (κ2) is 8.64. The largest absolute Gasteiger partial charge is 0.350 e. The Morgan fingerprint density at radius 2 is 1.76 bits per heavy atom. The van der Waals surface area contributed by atoms with Crippen molar-refractivity contribution in [2.75, 3.05) is 33.7 Å². The number of carbonyl (C=O) groups is 2. The molecule has 5 nitrogen and oxygen atoms in total. The summed E-state index contributed by atoms with van der Waals surface area (Å²) in [4.78, 5) is 26.9. The van der Waals surface area contributed by atoms with Crippen molar-refractivity contribution in [1.29, 1.82) is 0 Å². The molecular formula is C15H22ClN3O2. The molecule has 21 heavy (non-hydrogen) atoms. The van der Waals surface area contributed by atoms with Crippen LogP contribution in [0, 0.1) is 0 Å². The second-order valence-electron chi connectivity index (χ2n) is 5.15. The van der Waals surface area contributed by atoms with Crippen LogP contribution in [0.15, 0.2) is 24.3 Å². The van der Waals surface area contributed by atoms with Crippen LogP contribution in [0.25, 0.3) is 0 Å². The van der Waals surface area contributed by atoms with Gasteiger partial charge in [0.2, 0.25) is 11.8 Å². The monoisotopic (exact) mass is 311 g/mol. The highest BCUT2D eigenvalue weighted by Gasteiger charge is 2.13. The van der Waals surface area contributed by atoms with Crippen LogP contribution in [0.1, 0.15) is 12.5 Å². The number of likely N-dealkylation sites (N-methyl/N-ethyl adjacent to an activating group) is 1. The van der Waals surface area contributed by atoms with Gasteiger partial charge in [-0.1, -0.05) is 23.7 Å². The minimum atomic E-state index is -0.168. The summed E-state index contributed by atoms with van der Waals surface area (Å²) in [6.45, 7) is 3.25. The van der Waals surface area contributed by atoms with Crippen LogP contribution in [0.4, 0.5) is 0 Å². The molecule has 0 unspecified atom stereocenters. The van der Waals surface area contributed by atoms with Crippen LogP contribution < -0.4 is 5.32 Å². The van der Waals surface area contributed by atoms with Gasteiger partial charge < -0.3 is 15.1 Å². The van der Waals surface area contributed by atoms with Gasteiger partial charge in [-0.25, -0.2) is 0 Å². The number of hydrogen-bond acceptors (Lipinski definition) is 3. The molecule has 0 heterocycles. The van der Waals surface area contributed by atoms with Crippen molar-refractivity contribution in [3.63, 3.8) is 0 Å². The molecule has 0 saturated carbocycles. The quantitative estimate of drug-likeness (QED) is 0.827. The van der Waals surface area contributed by atoms with E-state index in [0.29, 0.717) is 18.1 Å². The lowest BCUT2D eigenvalue weighted by molar-refractivity contribution is -0.134. The van der Waals surface area contributed by atoms with Gasteiger partial charge in [0.1, 0.15) is 0 Å². The van der Waals surface area contributed by atoms with Crippen molar-refractivity contribution >= 4 is 23.4 Å². The zero-order valence-electron chi connectivity index (χ0n) is 12.7. The van der Waals surface area contributed by atoms with Crippen molar-refractivity contribution < 1.29 is 9.59 Å². The summed E-state index contributed by atoms with van der Waals surface area (Å²) in [5, 5.41) is 3.47. The molecule has 116 valence electrons. The third-order valence-electron chi connectivity index (χ3n) is 3.00. The molecule has 1 aromatic carbocycles. The minimum absolute atomic E-state index is 0.0801. The summed E-state index contributed by atoms with van der Waals surface area (Å²) in [5.41, 5.74) is 0.968. The predicted molar refractivity (Wildman–Crippen MR) is 84.1 cm³/mol. The number of halogens is 1. The fourth-order valence-corrected chi connectivity index (χ4v) is 1.83. The molecule has 1 aromatic rings. The lowest BCUT2D eigenvalue weighted by Gasteiger charge is -2.22. The van der Waals surface area contributed by atoms with Crippen molar-refractivity contribution in [2.24, 2.45) is 0 Å². The van der Waals surface area contributed by atoms with Crippen LogP contribution in [0.5, 0.6) is 0 Å². The van der Waals surface area contributed by atoms with Crippen LogP contribution in [-0.2, 0) is 16.1 Å². The zero-order chi connectivity index (χ0) is 15.8. The maximum absolute atomic E-state index is 11.9. The first-order valence-electron chi connectivity index (χ1n) is 6.80. The van der Waals surface area contributed by atoms with E-state index in [4.69, 9.17) is 11.6 Å². The SMILES string of the molecule is CC(=O)N(CCN(C)C)CC(=O)NCc1ccc(Cl)cc1. The van der Waals surface area contributed by atoms with Crippen molar-refractivity contribution in [3.05, 3.63) is 34.9 Å². The standard InChI is InChI=1S/C15H22ClN3O2/c1-12(20)19(9-8-18(2)3)11-15(21)17-10-13-4-6-14(16)7-5-13/h4-7H,8-11H2,1-3H3,(H,17,21). The maximum atomic E-state index is 11.9. The highest BCUT2D eigenvalue weighted by atomic mass is 35.5. The Morgan fingerprint density at radius 3 is 2.29 bits per heavy atom. The van der Waals surface area contributed by atoms with E-state index in [1.165, 1.54) is 11.8 Å². The van der Waals surface area contributed by atoms with E-state index in [2.05, 4.69) is 5.32 Å². The van der Waals surface area contributed by atoms with Gasteiger partial charge in [-0.15, -0.1) is 0 Å². The molecular weight excluding hydrogens is 290 g/mol. The lowest BCUT2D eigenvalue weighted by Crippen LogP contribution is -2.42. The molecule has 6 heteroatoms. The molecule has 0 aliphatic heterocycles. The van der Waals surface area contributed by atoms with E-state index in [1.807, 2.05) is 31.1 Å². The molecule has 0 bridgehead atoms. The molecule has 0 aliphatic rings. The highest BCUT2D eigenvalue weighted by Crippen LogP contribution is 2.09. The Labute approximate surface area is 130 Å². The van der Waals surface area contributed by atoms with Gasteiger partial charge >= 0.3 is 0 Å². The van der Waals surface area contributed by atoms with E-state index in [1.54, 1.807) is 12.1 Å². The summed E-state index contributed by atoms with van der Waals surface area (Å²) in [6, 6.07) is 7.28. The summed E-state index contributed by atoms with van der Waals surface area (Å²) >= 11 is 5.80. The van der Waals surface area contributed by atoms with Gasteiger partial charge in [0.05, 0.1) is 6.54 Å². The molecule has 0 aliphatic carbocycles. The molecule has 0 spiro atoms. The van der Waals surface area contributed by atoms with E-state index < -0.39 is 0 Å². The van der Waals surface area contributed by atoms with E-state index in [-0.39, 0.29) is 18.4 Å². The summed E-state index contributed by atoms with van der Waals surface area (Å²) < 4.78 is 0. The highest BCUT2D eigenvalue weighted by molar-refractivity contribution is 6.30. The number of rotatable bonds is 7. The van der Waals surface area contributed by atoms with Gasteiger partial charge in [0.25, 0.3) is 0 Å². The topological polar surface area (TPSA) is 52.7 Å². The Hall–Kier alpha value is -1.59. The number of carbonyl (C=O) groups excluding carboxylic acids is 2. The van der Waals surface area contributed by atoms with Gasteiger partial charge in [-0.3, -0.25) is 9.59 Å². The number of hydrogen-bond donors (Lipinski definition) is 1. The molecule has 2 amide bonds. The van der Waals surface area contributed by atoms with Gasteiger partial charge in [0.15, 0.2) is 0 Å². The molecule has 0 saturated heterocycles. The van der Waals surface area contributed by atoms with E-state index >= 15 is 0 Å². The van der Waals surface area contributed by atoms with Gasteiger partial charge in [0, 0.05) is 31.6 Å². The Bertz CT molecular complexity index is 474. The van der Waals surface area contributed by atoms with E-state index in [0.717, 1.165) is 12.1 Å². The summed E-state index contributed by atoms with van der Waals surface area (Å²) in [7, 11) is 3.86. The first kappa shape index (κ1) is 17.5. The van der Waals surface area contributed by atoms with Crippen LogP contribution >= 0.6 is 11.6 Å². The molecule has 0 aromatic heterocycles. The predicted octanol–water partition coefficient (Wildman–Crippen LogP) is 1.37. The third kappa shape index (κ3) is 7.11. The molecule has 0 fully saturated rings. The second-order valence-corrected chi connectivity index (χ2v) is 5.58. The smallest absolute Gasteiger partial charge is 0.239 e. The zero-order valence-corrected chi connectivity index (χ0v) is 13.5. The molecule has 0 radical (unpaired) electrons. The molecule has 1 N–H and O–H groups in total. The lowest BCUT2D eigenvalue weighted by atomic mass is 10.2. The number of nitrogens with one attached hydrogen (secondary N) is 1. The Kier molecular flexibility index (Phi) is 7.19. The van der Waals surface area contributed by atoms with Crippen molar-refractivity contribution in [2.45, 2.75) is 13.5 Å². The van der Waals surface area contributed by atoms with Crippen molar-refractivity contribution in [3.8, 4) is 0 Å². The minimum Gasteiger partial charge on any atom is -0.350 e. The van der Waals surface area contributed by atoms with Gasteiger partial charge in [-0.2, -0.15) is 0 Å². The Balaban J connectivity index is 2.42. The van der Waals surface area contributed by atoms with Crippen molar-refractivity contribution in [1.82, 2.24) is 15.1 Å². The maximum Gasteiger partial charge on any atom is 0.239 e. The first-order valence-corrected chi connectivity index (χ1v) is 7.17. The average molecular weight is 312 g/mol. The number of amides is 2. The molecule has 0 atom stereocenters. The fraction of sp³-hybridized carbons (Fsp3) is 0.467. The summed E-state index contributed by atoms with van der Waals surface area (Å²) in [6.07, 6.45) is 0. The Morgan fingerprint density at radius 1 is 1.14 bits per heavy atom. The summed E-state index contributed by atoms with van der Waals surface area (Å²) in [5.74, 6) is -0.266. The third-order valence-corrected chi connectivity index (χ3v) is 3.25. The van der Waals surface area contributed by atoms with Crippen LogP contribution in [-0.4, -0.2) is 55.3 Å². The fourth-order valence-electron chi connectivity index (χ4n) is 1.70. The van der Waals surface area contributed by atoms with Crippen LogP contribution in [0.2, 0.25) is 5.02 Å². The first-order chi connectivity index (χ1) is 9.88. The van der Waals surface area contributed by atoms with Gasteiger partial charge in [-0.05, 0) is 31.8 Å². The average Bonchev–Trinajstić information content (AvgIpc) is 2.42. The number of nitrogens with zero attached hydrogens (tertiary/aromatic N) is 2. The van der Waals surface area contributed by atoms with E-state index in [9.17, 15) is 9.59 Å². The van der Waals surface area contributed by atoms with Crippen LogP contribution in [0.3, 0.4) is 0 Å². The normalized spacial score (nSPS) is 10.5. The molecule has 1 rings (SSSR count). The number of benzene rings is 1.